The van der Waals surface area contributed by atoms with Crippen molar-refractivity contribution >= 4 is 0 Å². The Morgan fingerprint density at radius 1 is 1.22 bits per heavy atom. The molecule has 0 atom stereocenters. The van der Waals surface area contributed by atoms with Gasteiger partial charge in [-0.1, -0.05) is 12.1 Å². The van der Waals surface area contributed by atoms with E-state index in [0.717, 1.165) is 25.3 Å². The summed E-state index contributed by atoms with van der Waals surface area (Å²) in [4.78, 5) is 2.40. The molecule has 0 spiro atoms. The number of unbranched alkanes of at least 4 members (excludes halogenated alkanes) is 1. The number of likely N-dealkylation sites (N-methyl/N-ethyl adjacent to an activating group) is 1. The molecule has 0 aliphatic rings. The molecule has 3 nitrogen and oxygen atoms in total. The highest BCUT2D eigenvalue weighted by atomic mass is 16.5. The number of hydrogen-bond donors (Lipinski definition) is 1. The van der Waals surface area contributed by atoms with Gasteiger partial charge in [0.25, 0.3) is 0 Å². The molecule has 0 radical (unpaired) electrons. The Morgan fingerprint density at radius 2 is 2.06 bits per heavy atom. The van der Waals surface area contributed by atoms with E-state index >= 15 is 0 Å². The lowest BCUT2D eigenvalue weighted by Gasteiger charge is -2.16. The van der Waals surface area contributed by atoms with Crippen molar-refractivity contribution in [2.45, 2.75) is 19.3 Å². The number of methoxy groups -OCH3 is 1. The Hall–Kier alpha value is -1.06. The lowest BCUT2D eigenvalue weighted by Crippen LogP contribution is -2.23. The van der Waals surface area contributed by atoms with Gasteiger partial charge >= 0.3 is 0 Å². The predicted molar refractivity (Wildman–Crippen MR) is 77.4 cm³/mol. The summed E-state index contributed by atoms with van der Waals surface area (Å²) in [6.07, 6.45) is 3.59. The molecule has 0 saturated heterocycles. The maximum absolute atomic E-state index is 5.23. The SMILES string of the molecule is CNCCCCN(C)CCc1cccc(OC)c1. The number of nitrogens with zero attached hydrogens (tertiary/aromatic N) is 1. The summed E-state index contributed by atoms with van der Waals surface area (Å²) in [7, 11) is 5.92. The van der Waals surface area contributed by atoms with Crippen LogP contribution in [0.4, 0.5) is 0 Å². The Balaban J connectivity index is 2.22. The first-order chi connectivity index (χ1) is 8.76. The van der Waals surface area contributed by atoms with Crippen molar-refractivity contribution < 1.29 is 4.74 Å². The number of rotatable bonds is 9. The van der Waals surface area contributed by atoms with Crippen LogP contribution in [-0.4, -0.2) is 45.7 Å². The second kappa shape index (κ2) is 8.95. The van der Waals surface area contributed by atoms with Crippen LogP contribution in [0.25, 0.3) is 0 Å². The maximum atomic E-state index is 5.23. The lowest BCUT2D eigenvalue weighted by molar-refractivity contribution is 0.329. The molecule has 1 rings (SSSR count). The molecular weight excluding hydrogens is 224 g/mol. The summed E-state index contributed by atoms with van der Waals surface area (Å²) in [6.45, 7) is 3.39. The first-order valence-electron chi connectivity index (χ1n) is 6.72. The molecule has 3 heteroatoms. The van der Waals surface area contributed by atoms with E-state index in [1.165, 1.54) is 24.9 Å². The third-order valence-corrected chi connectivity index (χ3v) is 3.13. The van der Waals surface area contributed by atoms with E-state index in [1.54, 1.807) is 7.11 Å². The van der Waals surface area contributed by atoms with Crippen molar-refractivity contribution in [3.05, 3.63) is 29.8 Å². The molecule has 18 heavy (non-hydrogen) atoms. The maximum Gasteiger partial charge on any atom is 0.119 e. The third-order valence-electron chi connectivity index (χ3n) is 3.13. The standard InChI is InChI=1S/C15H26N2O/c1-16-10-4-5-11-17(2)12-9-14-7-6-8-15(13-14)18-3/h6-8,13,16H,4-5,9-12H2,1-3H3. The van der Waals surface area contributed by atoms with Crippen LogP contribution in [0.3, 0.4) is 0 Å². The van der Waals surface area contributed by atoms with Gasteiger partial charge in [-0.2, -0.15) is 0 Å². The zero-order valence-electron chi connectivity index (χ0n) is 11.9. The fourth-order valence-electron chi connectivity index (χ4n) is 1.94. The quantitative estimate of drug-likeness (QED) is 0.680. The van der Waals surface area contributed by atoms with Crippen LogP contribution in [0.5, 0.6) is 5.75 Å². The average Bonchev–Trinajstić information content (AvgIpc) is 2.41. The Labute approximate surface area is 111 Å². The Kier molecular flexibility index (Phi) is 7.46. The van der Waals surface area contributed by atoms with Crippen LogP contribution >= 0.6 is 0 Å². The molecule has 0 unspecified atom stereocenters. The molecule has 102 valence electrons. The number of nitrogens with one attached hydrogen (secondary N) is 1. The van der Waals surface area contributed by atoms with Gasteiger partial charge in [-0.25, -0.2) is 0 Å². The average molecular weight is 250 g/mol. The normalized spacial score (nSPS) is 10.9. The molecule has 1 aromatic carbocycles. The van der Waals surface area contributed by atoms with Gasteiger partial charge in [0.15, 0.2) is 0 Å². The van der Waals surface area contributed by atoms with Crippen molar-refractivity contribution in [3.63, 3.8) is 0 Å². The molecule has 0 aliphatic carbocycles. The van der Waals surface area contributed by atoms with E-state index in [0.29, 0.717) is 0 Å². The van der Waals surface area contributed by atoms with Crippen LogP contribution in [0.2, 0.25) is 0 Å². The van der Waals surface area contributed by atoms with Gasteiger partial charge in [0, 0.05) is 6.54 Å². The summed E-state index contributed by atoms with van der Waals surface area (Å²) in [5.74, 6) is 0.948. The summed E-state index contributed by atoms with van der Waals surface area (Å²) in [5, 5.41) is 3.18. The molecule has 0 saturated carbocycles. The highest BCUT2D eigenvalue weighted by molar-refractivity contribution is 5.28. The smallest absolute Gasteiger partial charge is 0.119 e. The first kappa shape index (κ1) is 15.0. The molecule has 1 aromatic rings. The summed E-state index contributed by atoms with van der Waals surface area (Å²) in [6, 6.07) is 8.33. The molecule has 0 aliphatic heterocycles. The van der Waals surface area contributed by atoms with Crippen LogP contribution in [0.1, 0.15) is 18.4 Å². The van der Waals surface area contributed by atoms with Crippen LogP contribution in [0, 0.1) is 0 Å². The molecule has 0 fully saturated rings. The van der Waals surface area contributed by atoms with Gasteiger partial charge in [0.1, 0.15) is 5.75 Å². The minimum absolute atomic E-state index is 0.948. The Bertz CT molecular complexity index is 328. The topological polar surface area (TPSA) is 24.5 Å². The summed E-state index contributed by atoms with van der Waals surface area (Å²) < 4.78 is 5.23. The second-order valence-corrected chi connectivity index (χ2v) is 4.72. The number of hydrogen-bond acceptors (Lipinski definition) is 3. The number of benzene rings is 1. The summed E-state index contributed by atoms with van der Waals surface area (Å²) in [5.41, 5.74) is 1.34. The van der Waals surface area contributed by atoms with Crippen molar-refractivity contribution in [2.24, 2.45) is 0 Å². The zero-order chi connectivity index (χ0) is 13.2. The minimum atomic E-state index is 0.948. The van der Waals surface area contributed by atoms with Crippen molar-refractivity contribution in [3.8, 4) is 5.75 Å². The Morgan fingerprint density at radius 3 is 2.78 bits per heavy atom. The third kappa shape index (κ3) is 6.03. The fraction of sp³-hybridized carbons (Fsp3) is 0.600. The van der Waals surface area contributed by atoms with Gasteiger partial charge < -0.3 is 15.0 Å². The van der Waals surface area contributed by atoms with Gasteiger partial charge in [-0.05, 0) is 64.1 Å². The fourth-order valence-corrected chi connectivity index (χ4v) is 1.94. The highest BCUT2D eigenvalue weighted by Gasteiger charge is 2.00. The largest absolute Gasteiger partial charge is 0.497 e. The van der Waals surface area contributed by atoms with Gasteiger partial charge in [0.2, 0.25) is 0 Å². The molecule has 0 amide bonds. The van der Waals surface area contributed by atoms with E-state index in [4.69, 9.17) is 4.74 Å². The molecule has 1 N–H and O–H groups in total. The van der Waals surface area contributed by atoms with E-state index in [2.05, 4.69) is 35.5 Å². The predicted octanol–water partition coefficient (Wildman–Crippen LogP) is 2.17. The second-order valence-electron chi connectivity index (χ2n) is 4.72. The van der Waals surface area contributed by atoms with Gasteiger partial charge in [-0.15, -0.1) is 0 Å². The van der Waals surface area contributed by atoms with Gasteiger partial charge in [-0.3, -0.25) is 0 Å². The van der Waals surface area contributed by atoms with Crippen molar-refractivity contribution in [2.75, 3.05) is 40.8 Å². The number of ether oxygens (including phenoxy) is 1. The van der Waals surface area contributed by atoms with Crippen LogP contribution in [0.15, 0.2) is 24.3 Å². The van der Waals surface area contributed by atoms with Crippen molar-refractivity contribution in [1.29, 1.82) is 0 Å². The molecule has 0 bridgehead atoms. The van der Waals surface area contributed by atoms with E-state index in [9.17, 15) is 0 Å². The van der Waals surface area contributed by atoms with E-state index < -0.39 is 0 Å². The lowest BCUT2D eigenvalue weighted by atomic mass is 10.1. The monoisotopic (exact) mass is 250 g/mol. The van der Waals surface area contributed by atoms with Crippen LogP contribution in [-0.2, 0) is 6.42 Å². The molecule has 0 heterocycles. The molecule has 0 aromatic heterocycles. The van der Waals surface area contributed by atoms with E-state index in [1.807, 2.05) is 13.1 Å². The van der Waals surface area contributed by atoms with Crippen molar-refractivity contribution in [1.82, 2.24) is 10.2 Å². The summed E-state index contributed by atoms with van der Waals surface area (Å²) >= 11 is 0. The zero-order valence-corrected chi connectivity index (χ0v) is 11.9. The van der Waals surface area contributed by atoms with Gasteiger partial charge in [0.05, 0.1) is 7.11 Å². The first-order valence-corrected chi connectivity index (χ1v) is 6.72. The van der Waals surface area contributed by atoms with E-state index in [-0.39, 0.29) is 0 Å². The minimum Gasteiger partial charge on any atom is -0.497 e. The highest BCUT2D eigenvalue weighted by Crippen LogP contribution is 2.13. The van der Waals surface area contributed by atoms with Crippen LogP contribution < -0.4 is 10.1 Å². The molecular formula is C15H26N2O.